The summed E-state index contributed by atoms with van der Waals surface area (Å²) in [5.74, 6) is 0.253. The van der Waals surface area contributed by atoms with E-state index in [2.05, 4.69) is 14.5 Å². The second kappa shape index (κ2) is 8.47. The Morgan fingerprint density at radius 3 is 2.72 bits per heavy atom. The van der Waals surface area contributed by atoms with Crippen LogP contribution in [0.25, 0.3) is 0 Å². The van der Waals surface area contributed by atoms with Gasteiger partial charge in [0, 0.05) is 58.1 Å². The number of nitrogens with zero attached hydrogens (tertiary/aromatic N) is 5. The summed E-state index contributed by atoms with van der Waals surface area (Å²) in [5, 5.41) is 0. The molecule has 1 aromatic heterocycles. The number of aromatic nitrogens is 2. The van der Waals surface area contributed by atoms with Gasteiger partial charge in [-0.2, -0.15) is 0 Å². The lowest BCUT2D eigenvalue weighted by Gasteiger charge is -2.29. The quantitative estimate of drug-likeness (QED) is 0.791. The molecule has 1 aromatic rings. The summed E-state index contributed by atoms with van der Waals surface area (Å²) in [7, 11) is 0. The van der Waals surface area contributed by atoms with Gasteiger partial charge in [0.1, 0.15) is 6.04 Å². The van der Waals surface area contributed by atoms with Gasteiger partial charge in [0.25, 0.3) is 0 Å². The van der Waals surface area contributed by atoms with Gasteiger partial charge in [-0.25, -0.2) is 4.98 Å². The molecule has 2 aliphatic rings. The van der Waals surface area contributed by atoms with Crippen LogP contribution in [-0.2, 0) is 16.1 Å². The van der Waals surface area contributed by atoms with Crippen molar-refractivity contribution in [2.45, 2.75) is 45.2 Å². The van der Waals surface area contributed by atoms with Gasteiger partial charge in [0.15, 0.2) is 0 Å². The Morgan fingerprint density at radius 2 is 1.96 bits per heavy atom. The minimum absolute atomic E-state index is 0.104. The molecular weight excluding hydrogens is 318 g/mol. The van der Waals surface area contributed by atoms with Crippen LogP contribution in [0.5, 0.6) is 0 Å². The van der Waals surface area contributed by atoms with Crippen LogP contribution in [-0.4, -0.2) is 81.4 Å². The van der Waals surface area contributed by atoms with Crippen LogP contribution in [0.1, 0.15) is 32.6 Å². The van der Waals surface area contributed by atoms with Gasteiger partial charge < -0.3 is 14.4 Å². The van der Waals surface area contributed by atoms with Crippen molar-refractivity contribution in [3.05, 3.63) is 18.7 Å². The molecule has 3 rings (SSSR count). The third-order valence-electron chi connectivity index (χ3n) is 5.29. The molecule has 0 aromatic carbocycles. The van der Waals surface area contributed by atoms with E-state index in [1.807, 2.05) is 24.3 Å². The summed E-state index contributed by atoms with van der Waals surface area (Å²) in [6, 6.07) is -0.232. The molecule has 0 aliphatic carbocycles. The van der Waals surface area contributed by atoms with Gasteiger partial charge in [-0.15, -0.1) is 0 Å². The van der Waals surface area contributed by atoms with Gasteiger partial charge in [-0.3, -0.25) is 14.5 Å². The molecule has 7 nitrogen and oxygen atoms in total. The molecule has 138 valence electrons. The molecule has 0 radical (unpaired) electrons. The van der Waals surface area contributed by atoms with Crippen LogP contribution in [0.15, 0.2) is 18.7 Å². The summed E-state index contributed by atoms with van der Waals surface area (Å²) in [6.07, 6.45) is 8.84. The van der Waals surface area contributed by atoms with Crippen LogP contribution in [0.2, 0.25) is 0 Å². The monoisotopic (exact) mass is 347 g/mol. The Bertz CT molecular complexity index is 574. The molecule has 0 N–H and O–H groups in total. The van der Waals surface area contributed by atoms with Crippen molar-refractivity contribution in [1.82, 2.24) is 24.3 Å². The van der Waals surface area contributed by atoms with Crippen LogP contribution in [0.4, 0.5) is 0 Å². The second-order valence-corrected chi connectivity index (χ2v) is 6.92. The van der Waals surface area contributed by atoms with Crippen LogP contribution in [0, 0.1) is 0 Å². The zero-order valence-electron chi connectivity index (χ0n) is 15.1. The lowest BCUT2D eigenvalue weighted by atomic mass is 10.1. The fraction of sp³-hybridized carbons (Fsp3) is 0.722. The molecule has 2 saturated heterocycles. The summed E-state index contributed by atoms with van der Waals surface area (Å²) in [6.45, 7) is 7.96. The molecule has 0 bridgehead atoms. The number of carbonyl (C=O) groups is 2. The average Bonchev–Trinajstić information content (AvgIpc) is 3.27. The highest BCUT2D eigenvalue weighted by molar-refractivity contribution is 5.88. The van der Waals surface area contributed by atoms with Crippen molar-refractivity contribution >= 4 is 11.8 Å². The lowest BCUT2D eigenvalue weighted by Crippen LogP contribution is -2.48. The maximum Gasteiger partial charge on any atom is 0.245 e. The lowest BCUT2D eigenvalue weighted by molar-refractivity contribution is -0.143. The Kier molecular flexibility index (Phi) is 6.07. The first-order valence-electron chi connectivity index (χ1n) is 9.45. The van der Waals surface area contributed by atoms with Crippen LogP contribution >= 0.6 is 0 Å². The summed E-state index contributed by atoms with van der Waals surface area (Å²) < 4.78 is 2.08. The number of rotatable bonds is 5. The molecule has 1 atom stereocenters. The number of likely N-dealkylation sites (tertiary alicyclic amines) is 1. The first kappa shape index (κ1) is 17.9. The molecule has 7 heteroatoms. The molecule has 2 amide bonds. The van der Waals surface area contributed by atoms with Gasteiger partial charge in [-0.1, -0.05) is 6.92 Å². The van der Waals surface area contributed by atoms with Crippen LogP contribution < -0.4 is 0 Å². The zero-order chi connectivity index (χ0) is 17.6. The number of hydrogen-bond donors (Lipinski definition) is 0. The highest BCUT2D eigenvalue weighted by Crippen LogP contribution is 2.21. The van der Waals surface area contributed by atoms with Crippen molar-refractivity contribution in [2.75, 3.05) is 39.3 Å². The standard InChI is InChI=1S/C18H29N5O2/c1-2-17(24)23-9-3-5-16(23)18(25)22-8-4-7-20(13-14-22)11-12-21-10-6-19-15-21/h6,10,15-16H,2-5,7-9,11-14H2,1H3/t16-/m0/s1. The zero-order valence-corrected chi connectivity index (χ0v) is 15.1. The molecule has 0 spiro atoms. The van der Waals surface area contributed by atoms with Gasteiger partial charge in [-0.05, 0) is 25.8 Å². The van der Waals surface area contributed by atoms with E-state index in [1.54, 1.807) is 11.1 Å². The summed E-state index contributed by atoms with van der Waals surface area (Å²) in [5.41, 5.74) is 0. The third-order valence-corrected chi connectivity index (χ3v) is 5.29. The smallest absolute Gasteiger partial charge is 0.245 e. The predicted octanol–water partition coefficient (Wildman–Crippen LogP) is 0.818. The highest BCUT2D eigenvalue weighted by atomic mass is 16.2. The van der Waals surface area contributed by atoms with Gasteiger partial charge in [0.05, 0.1) is 6.33 Å². The second-order valence-electron chi connectivity index (χ2n) is 6.92. The Hall–Kier alpha value is -1.89. The Morgan fingerprint density at radius 1 is 1.08 bits per heavy atom. The summed E-state index contributed by atoms with van der Waals surface area (Å²) >= 11 is 0. The third kappa shape index (κ3) is 4.39. The van der Waals surface area contributed by atoms with Gasteiger partial charge >= 0.3 is 0 Å². The van der Waals surface area contributed by atoms with E-state index in [4.69, 9.17) is 0 Å². The molecule has 0 unspecified atom stereocenters. The van der Waals surface area contributed by atoms with Crippen molar-refractivity contribution < 1.29 is 9.59 Å². The Balaban J connectivity index is 1.51. The molecule has 0 saturated carbocycles. The SMILES string of the molecule is CCC(=O)N1CCC[C@H]1C(=O)N1CCCN(CCn2ccnc2)CC1. The number of amides is 2. The van der Waals surface area contributed by atoms with Crippen molar-refractivity contribution in [1.29, 1.82) is 0 Å². The van der Waals surface area contributed by atoms with E-state index in [0.717, 1.165) is 65.1 Å². The van der Waals surface area contributed by atoms with E-state index >= 15 is 0 Å². The number of hydrogen-bond acceptors (Lipinski definition) is 4. The first-order valence-corrected chi connectivity index (χ1v) is 9.45. The number of imidazole rings is 1. The molecule has 3 heterocycles. The molecule has 2 aliphatic heterocycles. The van der Waals surface area contributed by atoms with Crippen molar-refractivity contribution in [3.63, 3.8) is 0 Å². The average molecular weight is 347 g/mol. The highest BCUT2D eigenvalue weighted by Gasteiger charge is 2.36. The molecule has 25 heavy (non-hydrogen) atoms. The topological polar surface area (TPSA) is 61.7 Å². The van der Waals surface area contributed by atoms with E-state index in [0.29, 0.717) is 6.42 Å². The fourth-order valence-corrected chi connectivity index (χ4v) is 3.83. The van der Waals surface area contributed by atoms with E-state index in [-0.39, 0.29) is 17.9 Å². The normalized spacial score (nSPS) is 22.2. The fourth-order valence-electron chi connectivity index (χ4n) is 3.83. The molecule has 2 fully saturated rings. The summed E-state index contributed by atoms with van der Waals surface area (Å²) in [4.78, 5) is 35.3. The number of carbonyl (C=O) groups excluding carboxylic acids is 2. The predicted molar refractivity (Wildman–Crippen MR) is 94.9 cm³/mol. The van der Waals surface area contributed by atoms with E-state index in [9.17, 15) is 9.59 Å². The van der Waals surface area contributed by atoms with E-state index in [1.165, 1.54) is 0 Å². The van der Waals surface area contributed by atoms with Crippen molar-refractivity contribution in [2.24, 2.45) is 0 Å². The molecular formula is C18H29N5O2. The van der Waals surface area contributed by atoms with Gasteiger partial charge in [0.2, 0.25) is 11.8 Å². The van der Waals surface area contributed by atoms with E-state index < -0.39 is 0 Å². The minimum atomic E-state index is -0.232. The minimum Gasteiger partial charge on any atom is -0.340 e. The maximum absolute atomic E-state index is 12.9. The first-order chi connectivity index (χ1) is 12.2. The largest absolute Gasteiger partial charge is 0.340 e. The maximum atomic E-state index is 12.9. The Labute approximate surface area is 149 Å². The van der Waals surface area contributed by atoms with Crippen LogP contribution in [0.3, 0.4) is 0 Å². The van der Waals surface area contributed by atoms with Crippen molar-refractivity contribution in [3.8, 4) is 0 Å².